The molecule has 4 bridgehead atoms. The van der Waals surface area contributed by atoms with Crippen molar-refractivity contribution in [1.29, 1.82) is 0 Å². The summed E-state index contributed by atoms with van der Waals surface area (Å²) in [6.07, 6.45) is 10.5. The van der Waals surface area contributed by atoms with E-state index in [-0.39, 0.29) is 0 Å². The van der Waals surface area contributed by atoms with E-state index in [1.54, 1.807) is 0 Å². The highest BCUT2D eigenvalue weighted by Crippen LogP contribution is 2.60. The van der Waals surface area contributed by atoms with Crippen molar-refractivity contribution in [2.75, 3.05) is 6.54 Å². The molecule has 74 valence electrons. The van der Waals surface area contributed by atoms with Crippen molar-refractivity contribution in [3.8, 4) is 0 Å². The van der Waals surface area contributed by atoms with Crippen LogP contribution in [0.2, 0.25) is 0 Å². The Morgan fingerprint density at radius 3 is 2.92 bits per heavy atom. The molecule has 3 rings (SSSR count). The summed E-state index contributed by atoms with van der Waals surface area (Å²) in [7, 11) is 0. The maximum Gasteiger partial charge on any atom is -0.00178 e. The second-order valence-electron chi connectivity index (χ2n) is 5.69. The molecular weight excluding hydrogens is 158 g/mol. The zero-order valence-corrected chi connectivity index (χ0v) is 8.47. The third-order valence-corrected chi connectivity index (χ3v) is 5.33. The van der Waals surface area contributed by atoms with Gasteiger partial charge in [-0.2, -0.15) is 0 Å². The lowest BCUT2D eigenvalue weighted by Gasteiger charge is -2.49. The first-order chi connectivity index (χ1) is 6.34. The average molecular weight is 179 g/mol. The molecule has 0 spiro atoms. The summed E-state index contributed by atoms with van der Waals surface area (Å²) >= 11 is 0. The molecule has 3 saturated carbocycles. The van der Waals surface area contributed by atoms with Crippen LogP contribution in [0.5, 0.6) is 0 Å². The van der Waals surface area contributed by atoms with E-state index in [0.717, 1.165) is 24.3 Å². The zero-order valence-electron chi connectivity index (χ0n) is 8.47. The summed E-state index contributed by atoms with van der Waals surface area (Å²) in [6, 6.07) is 0. The van der Waals surface area contributed by atoms with Crippen LogP contribution in [-0.2, 0) is 0 Å². The van der Waals surface area contributed by atoms with Gasteiger partial charge in [-0.3, -0.25) is 0 Å². The Morgan fingerprint density at radius 2 is 2.08 bits per heavy atom. The van der Waals surface area contributed by atoms with Crippen LogP contribution in [0.4, 0.5) is 0 Å². The molecular formula is C12H21N. The number of fused-ring (bicyclic) bond motifs is 6. The number of hydrogen-bond donors (Lipinski definition) is 1. The van der Waals surface area contributed by atoms with Gasteiger partial charge in [-0.25, -0.2) is 0 Å². The van der Waals surface area contributed by atoms with Crippen LogP contribution in [0.1, 0.15) is 44.9 Å². The Balaban J connectivity index is 1.93. The molecule has 0 radical (unpaired) electrons. The minimum Gasteiger partial charge on any atom is -0.330 e. The summed E-state index contributed by atoms with van der Waals surface area (Å²) in [4.78, 5) is 0. The van der Waals surface area contributed by atoms with Gasteiger partial charge in [-0.05, 0) is 61.8 Å². The van der Waals surface area contributed by atoms with Gasteiger partial charge in [-0.15, -0.1) is 0 Å². The molecule has 4 atom stereocenters. The topological polar surface area (TPSA) is 26.0 Å². The van der Waals surface area contributed by atoms with E-state index in [1.807, 2.05) is 0 Å². The predicted molar refractivity (Wildman–Crippen MR) is 54.3 cm³/mol. The molecule has 0 aromatic carbocycles. The first-order valence-electron chi connectivity index (χ1n) is 6.04. The molecule has 0 aliphatic heterocycles. The molecule has 0 heterocycles. The molecule has 0 aromatic rings. The van der Waals surface area contributed by atoms with Crippen LogP contribution in [-0.4, -0.2) is 6.54 Å². The van der Waals surface area contributed by atoms with Crippen LogP contribution in [0, 0.1) is 23.2 Å². The van der Waals surface area contributed by atoms with E-state index in [1.165, 1.54) is 44.9 Å². The predicted octanol–water partition coefficient (Wildman–Crippen LogP) is 2.55. The molecule has 4 unspecified atom stereocenters. The molecule has 2 N–H and O–H groups in total. The fourth-order valence-corrected chi connectivity index (χ4v) is 4.57. The van der Waals surface area contributed by atoms with Crippen LogP contribution in [0.15, 0.2) is 0 Å². The van der Waals surface area contributed by atoms with E-state index >= 15 is 0 Å². The Hall–Kier alpha value is -0.0400. The Kier molecular flexibility index (Phi) is 1.74. The highest BCUT2D eigenvalue weighted by Gasteiger charge is 2.51. The zero-order chi connectivity index (χ0) is 8.89. The van der Waals surface area contributed by atoms with E-state index in [2.05, 4.69) is 0 Å². The highest BCUT2D eigenvalue weighted by molar-refractivity contribution is 5.02. The van der Waals surface area contributed by atoms with Gasteiger partial charge < -0.3 is 5.73 Å². The molecule has 0 amide bonds. The van der Waals surface area contributed by atoms with Crippen molar-refractivity contribution in [2.45, 2.75) is 44.9 Å². The molecule has 13 heavy (non-hydrogen) atoms. The quantitative estimate of drug-likeness (QED) is 0.657. The van der Waals surface area contributed by atoms with Gasteiger partial charge in [0, 0.05) is 0 Å². The smallest absolute Gasteiger partial charge is 0.00178 e. The molecule has 3 aliphatic carbocycles. The lowest BCUT2D eigenvalue weighted by Crippen LogP contribution is -2.45. The lowest BCUT2D eigenvalue weighted by atomic mass is 9.57. The van der Waals surface area contributed by atoms with Gasteiger partial charge in [0.25, 0.3) is 0 Å². The maximum absolute atomic E-state index is 6.03. The normalized spacial score (nSPS) is 53.8. The average Bonchev–Trinajstić information content (AvgIpc) is 2.63. The standard InChI is InChI=1S/C12H21N/c13-8-12-5-1-2-10(7-12)9-3-4-11(12)6-9/h9-11H,1-8,13H2. The van der Waals surface area contributed by atoms with Crippen molar-refractivity contribution < 1.29 is 0 Å². The molecule has 0 saturated heterocycles. The van der Waals surface area contributed by atoms with Crippen molar-refractivity contribution in [3.63, 3.8) is 0 Å². The second kappa shape index (κ2) is 2.73. The third kappa shape index (κ3) is 1.03. The van der Waals surface area contributed by atoms with Gasteiger partial charge in [-0.1, -0.05) is 12.8 Å². The van der Waals surface area contributed by atoms with E-state index in [0.29, 0.717) is 5.41 Å². The Bertz CT molecular complexity index is 213. The van der Waals surface area contributed by atoms with E-state index < -0.39 is 0 Å². The van der Waals surface area contributed by atoms with E-state index in [9.17, 15) is 0 Å². The summed E-state index contributed by atoms with van der Waals surface area (Å²) in [5.41, 5.74) is 6.64. The fourth-order valence-electron chi connectivity index (χ4n) is 4.57. The first-order valence-corrected chi connectivity index (χ1v) is 6.04. The molecule has 3 fully saturated rings. The van der Waals surface area contributed by atoms with Crippen LogP contribution < -0.4 is 5.73 Å². The molecule has 0 aromatic heterocycles. The Morgan fingerprint density at radius 1 is 1.15 bits per heavy atom. The lowest BCUT2D eigenvalue weighted by molar-refractivity contribution is 0.0201. The SMILES string of the molecule is NCC12CCCC(C1)C1CCC2C1. The summed E-state index contributed by atoms with van der Waals surface area (Å²) in [5.74, 6) is 3.18. The number of hydrogen-bond acceptors (Lipinski definition) is 1. The van der Waals surface area contributed by atoms with Gasteiger partial charge in [0.1, 0.15) is 0 Å². The van der Waals surface area contributed by atoms with Crippen LogP contribution >= 0.6 is 0 Å². The van der Waals surface area contributed by atoms with Crippen molar-refractivity contribution in [1.82, 2.24) is 0 Å². The van der Waals surface area contributed by atoms with Crippen molar-refractivity contribution in [3.05, 3.63) is 0 Å². The number of nitrogens with two attached hydrogens (primary N) is 1. The monoisotopic (exact) mass is 179 g/mol. The second-order valence-corrected chi connectivity index (χ2v) is 5.69. The summed E-state index contributed by atoms with van der Waals surface area (Å²) in [6.45, 7) is 0.973. The first kappa shape index (κ1) is 8.28. The van der Waals surface area contributed by atoms with Crippen LogP contribution in [0.3, 0.4) is 0 Å². The Labute approximate surface area is 81.1 Å². The fraction of sp³-hybridized carbons (Fsp3) is 1.00. The minimum atomic E-state index is 0.607. The molecule has 1 heteroatoms. The third-order valence-electron chi connectivity index (χ3n) is 5.33. The van der Waals surface area contributed by atoms with Gasteiger partial charge in [0.2, 0.25) is 0 Å². The van der Waals surface area contributed by atoms with Gasteiger partial charge in [0.15, 0.2) is 0 Å². The summed E-state index contributed by atoms with van der Waals surface area (Å²) in [5, 5.41) is 0. The van der Waals surface area contributed by atoms with Crippen molar-refractivity contribution in [2.24, 2.45) is 28.9 Å². The highest BCUT2D eigenvalue weighted by atomic mass is 14.7. The number of rotatable bonds is 1. The van der Waals surface area contributed by atoms with Gasteiger partial charge in [0.05, 0.1) is 0 Å². The van der Waals surface area contributed by atoms with Gasteiger partial charge >= 0.3 is 0 Å². The molecule has 3 aliphatic rings. The van der Waals surface area contributed by atoms with Crippen molar-refractivity contribution >= 4 is 0 Å². The summed E-state index contributed by atoms with van der Waals surface area (Å²) < 4.78 is 0. The molecule has 1 nitrogen and oxygen atoms in total. The minimum absolute atomic E-state index is 0.607. The van der Waals surface area contributed by atoms with E-state index in [4.69, 9.17) is 5.73 Å². The largest absolute Gasteiger partial charge is 0.330 e. The van der Waals surface area contributed by atoms with Crippen LogP contribution in [0.25, 0.3) is 0 Å². The maximum atomic E-state index is 6.03.